The normalized spacial score (nSPS) is 20.7. The number of phenolic OH excluding ortho intramolecular Hbond substituents is 1. The molecule has 0 bridgehead atoms. The number of benzene rings is 1. The Morgan fingerprint density at radius 3 is 3.06 bits per heavy atom. The highest BCUT2D eigenvalue weighted by atomic mass is 16.5. The van der Waals surface area contributed by atoms with E-state index in [1.54, 1.807) is 13.2 Å². The summed E-state index contributed by atoms with van der Waals surface area (Å²) >= 11 is 0. The molecule has 1 heterocycles. The lowest BCUT2D eigenvalue weighted by Gasteiger charge is -2.23. The van der Waals surface area contributed by atoms with E-state index in [4.69, 9.17) is 4.74 Å². The molecule has 0 amide bonds. The zero-order valence-corrected chi connectivity index (χ0v) is 9.70. The Balaban J connectivity index is 2.10. The molecule has 0 saturated carbocycles. The minimum absolute atomic E-state index is 0.240. The number of ether oxygens (including phenoxy) is 1. The molecule has 1 unspecified atom stereocenters. The van der Waals surface area contributed by atoms with Gasteiger partial charge in [-0.25, -0.2) is 0 Å². The number of hydrogen-bond donors (Lipinski definition) is 2. The molecule has 2 N–H and O–H groups in total. The Labute approximate surface area is 96.4 Å². The number of piperidine rings is 1. The lowest BCUT2D eigenvalue weighted by Crippen LogP contribution is -2.30. The van der Waals surface area contributed by atoms with E-state index in [2.05, 4.69) is 5.32 Å². The third-order valence-electron chi connectivity index (χ3n) is 3.19. The lowest BCUT2D eigenvalue weighted by atomic mass is 9.92. The van der Waals surface area contributed by atoms with E-state index in [1.807, 2.05) is 12.1 Å². The van der Waals surface area contributed by atoms with Crippen molar-refractivity contribution >= 4 is 0 Å². The number of phenols is 1. The number of para-hydroxylation sites is 1. The number of rotatable bonds is 3. The quantitative estimate of drug-likeness (QED) is 0.819. The highest BCUT2D eigenvalue weighted by molar-refractivity contribution is 5.45. The Bertz CT molecular complexity index is 346. The van der Waals surface area contributed by atoms with E-state index < -0.39 is 0 Å². The van der Waals surface area contributed by atoms with Gasteiger partial charge in [-0.05, 0) is 49.9 Å². The average molecular weight is 221 g/mol. The van der Waals surface area contributed by atoms with Crippen LogP contribution in [0, 0.1) is 5.92 Å². The first-order chi connectivity index (χ1) is 7.81. The van der Waals surface area contributed by atoms with Crippen LogP contribution in [-0.2, 0) is 6.42 Å². The van der Waals surface area contributed by atoms with Gasteiger partial charge >= 0.3 is 0 Å². The summed E-state index contributed by atoms with van der Waals surface area (Å²) in [4.78, 5) is 0. The van der Waals surface area contributed by atoms with Crippen LogP contribution in [0.5, 0.6) is 11.5 Å². The molecular formula is C13H19NO2. The summed E-state index contributed by atoms with van der Waals surface area (Å²) in [6.07, 6.45) is 3.47. The first kappa shape index (κ1) is 11.3. The Hall–Kier alpha value is -1.22. The van der Waals surface area contributed by atoms with Crippen LogP contribution in [0.3, 0.4) is 0 Å². The van der Waals surface area contributed by atoms with Gasteiger partial charge in [0.2, 0.25) is 0 Å². The van der Waals surface area contributed by atoms with Gasteiger partial charge in [-0.1, -0.05) is 12.1 Å². The maximum atomic E-state index is 9.68. The monoisotopic (exact) mass is 221 g/mol. The molecule has 1 aromatic rings. The average Bonchev–Trinajstić information content (AvgIpc) is 2.31. The van der Waals surface area contributed by atoms with Crippen LogP contribution in [0.4, 0.5) is 0 Å². The molecule has 0 aromatic heterocycles. The van der Waals surface area contributed by atoms with Crippen LogP contribution in [0.15, 0.2) is 18.2 Å². The van der Waals surface area contributed by atoms with Crippen molar-refractivity contribution in [2.24, 2.45) is 5.92 Å². The van der Waals surface area contributed by atoms with E-state index in [9.17, 15) is 5.11 Å². The van der Waals surface area contributed by atoms with Gasteiger partial charge in [0.15, 0.2) is 11.5 Å². The van der Waals surface area contributed by atoms with Gasteiger partial charge in [-0.3, -0.25) is 0 Å². The summed E-state index contributed by atoms with van der Waals surface area (Å²) in [6.45, 7) is 2.20. The summed E-state index contributed by atoms with van der Waals surface area (Å²) in [5.74, 6) is 1.53. The van der Waals surface area contributed by atoms with Crippen LogP contribution in [0.2, 0.25) is 0 Å². The fourth-order valence-corrected chi connectivity index (χ4v) is 2.38. The second kappa shape index (κ2) is 5.21. The van der Waals surface area contributed by atoms with Crippen molar-refractivity contribution in [3.63, 3.8) is 0 Å². The maximum Gasteiger partial charge on any atom is 0.163 e. The first-order valence-electron chi connectivity index (χ1n) is 5.87. The number of methoxy groups -OCH3 is 1. The summed E-state index contributed by atoms with van der Waals surface area (Å²) in [5.41, 5.74) is 1.11. The molecule has 1 saturated heterocycles. The zero-order chi connectivity index (χ0) is 11.4. The SMILES string of the molecule is COc1c(O)cccc1CC1CCCNC1. The molecule has 0 aliphatic carbocycles. The van der Waals surface area contributed by atoms with Crippen molar-refractivity contribution in [1.29, 1.82) is 0 Å². The number of nitrogens with one attached hydrogen (secondary N) is 1. The standard InChI is InChI=1S/C13H19NO2/c1-16-13-11(5-2-6-12(13)15)8-10-4-3-7-14-9-10/h2,5-6,10,14-15H,3-4,7-9H2,1H3. The van der Waals surface area contributed by atoms with Gasteiger partial charge < -0.3 is 15.2 Å². The molecule has 88 valence electrons. The molecule has 16 heavy (non-hydrogen) atoms. The van der Waals surface area contributed by atoms with Crippen LogP contribution in [-0.4, -0.2) is 25.3 Å². The smallest absolute Gasteiger partial charge is 0.163 e. The summed E-state index contributed by atoms with van der Waals surface area (Å²) < 4.78 is 5.25. The minimum atomic E-state index is 0.240. The molecule has 0 radical (unpaired) electrons. The fourth-order valence-electron chi connectivity index (χ4n) is 2.38. The predicted molar refractivity (Wildman–Crippen MR) is 64.0 cm³/mol. The third-order valence-corrected chi connectivity index (χ3v) is 3.19. The van der Waals surface area contributed by atoms with E-state index in [0.29, 0.717) is 11.7 Å². The van der Waals surface area contributed by atoms with Crippen LogP contribution in [0.1, 0.15) is 18.4 Å². The fraction of sp³-hybridized carbons (Fsp3) is 0.538. The molecule has 1 aliphatic heterocycles. The second-order valence-corrected chi connectivity index (χ2v) is 4.39. The highest BCUT2D eigenvalue weighted by Crippen LogP contribution is 2.32. The Morgan fingerprint density at radius 1 is 1.50 bits per heavy atom. The molecule has 1 aliphatic rings. The lowest BCUT2D eigenvalue weighted by molar-refractivity contribution is 0.350. The van der Waals surface area contributed by atoms with Gasteiger partial charge in [-0.15, -0.1) is 0 Å². The number of aromatic hydroxyl groups is 1. The topological polar surface area (TPSA) is 41.5 Å². The van der Waals surface area contributed by atoms with Crippen LogP contribution in [0.25, 0.3) is 0 Å². The van der Waals surface area contributed by atoms with Gasteiger partial charge in [0.25, 0.3) is 0 Å². The summed E-state index contributed by atoms with van der Waals surface area (Å²) in [6, 6.07) is 5.58. The van der Waals surface area contributed by atoms with Crippen molar-refractivity contribution in [3.8, 4) is 11.5 Å². The largest absolute Gasteiger partial charge is 0.504 e. The number of hydrogen-bond acceptors (Lipinski definition) is 3. The molecule has 3 nitrogen and oxygen atoms in total. The van der Waals surface area contributed by atoms with Gasteiger partial charge in [0.1, 0.15) is 0 Å². The van der Waals surface area contributed by atoms with Crippen LogP contribution >= 0.6 is 0 Å². The van der Waals surface area contributed by atoms with Crippen molar-refractivity contribution < 1.29 is 9.84 Å². The molecular weight excluding hydrogens is 202 g/mol. The second-order valence-electron chi connectivity index (χ2n) is 4.39. The van der Waals surface area contributed by atoms with Gasteiger partial charge in [0.05, 0.1) is 7.11 Å². The summed E-state index contributed by atoms with van der Waals surface area (Å²) in [5, 5.41) is 13.1. The third kappa shape index (κ3) is 2.47. The van der Waals surface area contributed by atoms with Gasteiger partial charge in [-0.2, -0.15) is 0 Å². The molecule has 2 rings (SSSR count). The van der Waals surface area contributed by atoms with Crippen molar-refractivity contribution in [1.82, 2.24) is 5.32 Å². The van der Waals surface area contributed by atoms with Crippen molar-refractivity contribution in [3.05, 3.63) is 23.8 Å². The molecule has 1 aromatic carbocycles. The van der Waals surface area contributed by atoms with E-state index in [1.165, 1.54) is 12.8 Å². The Morgan fingerprint density at radius 2 is 2.38 bits per heavy atom. The molecule has 3 heteroatoms. The van der Waals surface area contributed by atoms with Gasteiger partial charge in [0, 0.05) is 0 Å². The highest BCUT2D eigenvalue weighted by Gasteiger charge is 2.16. The molecule has 1 fully saturated rings. The predicted octanol–water partition coefficient (Wildman–Crippen LogP) is 1.94. The van der Waals surface area contributed by atoms with E-state index >= 15 is 0 Å². The van der Waals surface area contributed by atoms with Crippen molar-refractivity contribution in [2.75, 3.05) is 20.2 Å². The molecule has 0 spiro atoms. The Kier molecular flexibility index (Phi) is 3.67. The molecule has 1 atom stereocenters. The zero-order valence-electron chi connectivity index (χ0n) is 9.70. The minimum Gasteiger partial charge on any atom is -0.504 e. The first-order valence-corrected chi connectivity index (χ1v) is 5.87. The maximum absolute atomic E-state index is 9.68. The summed E-state index contributed by atoms with van der Waals surface area (Å²) in [7, 11) is 1.61. The van der Waals surface area contributed by atoms with E-state index in [0.717, 1.165) is 25.1 Å². The van der Waals surface area contributed by atoms with E-state index in [-0.39, 0.29) is 5.75 Å². The van der Waals surface area contributed by atoms with Crippen LogP contribution < -0.4 is 10.1 Å². The van der Waals surface area contributed by atoms with Crippen molar-refractivity contribution in [2.45, 2.75) is 19.3 Å².